The van der Waals surface area contributed by atoms with Gasteiger partial charge in [-0.15, -0.1) is 0 Å². The van der Waals surface area contributed by atoms with Crippen LogP contribution in [0.5, 0.6) is 0 Å². The molecule has 0 spiro atoms. The predicted octanol–water partition coefficient (Wildman–Crippen LogP) is 2.84. The van der Waals surface area contributed by atoms with Crippen molar-refractivity contribution in [2.24, 2.45) is 0 Å². The molecule has 1 aliphatic rings. The lowest BCUT2D eigenvalue weighted by atomic mass is 9.81. The van der Waals surface area contributed by atoms with Crippen LogP contribution in [0.2, 0.25) is 0 Å². The van der Waals surface area contributed by atoms with E-state index >= 15 is 0 Å². The Balaban J connectivity index is 1.85. The SMILES string of the molecule is Cc1c(C(=O)NC2(C(=O)O)CCCCC2)cnn1-c1ccc(F)cc1. The van der Waals surface area contributed by atoms with E-state index in [9.17, 15) is 19.1 Å². The van der Waals surface area contributed by atoms with Crippen molar-refractivity contribution in [1.29, 1.82) is 0 Å². The molecule has 2 N–H and O–H groups in total. The monoisotopic (exact) mass is 345 g/mol. The zero-order valence-corrected chi connectivity index (χ0v) is 14.0. The van der Waals surface area contributed by atoms with Gasteiger partial charge in [0.05, 0.1) is 23.1 Å². The minimum atomic E-state index is -1.21. The van der Waals surface area contributed by atoms with Crippen LogP contribution in [-0.2, 0) is 4.79 Å². The molecule has 1 saturated carbocycles. The van der Waals surface area contributed by atoms with E-state index in [1.165, 1.54) is 23.0 Å². The molecule has 2 aromatic rings. The Morgan fingerprint density at radius 1 is 1.20 bits per heavy atom. The first-order valence-corrected chi connectivity index (χ1v) is 8.29. The summed E-state index contributed by atoms with van der Waals surface area (Å²) in [7, 11) is 0. The molecule has 0 aliphatic heterocycles. The number of carbonyl (C=O) groups excluding carboxylic acids is 1. The van der Waals surface area contributed by atoms with Crippen LogP contribution in [0.3, 0.4) is 0 Å². The zero-order chi connectivity index (χ0) is 18.0. The number of carboxylic acids is 1. The Bertz CT molecular complexity index is 792. The Morgan fingerprint density at radius 3 is 2.44 bits per heavy atom. The molecule has 3 rings (SSSR count). The summed E-state index contributed by atoms with van der Waals surface area (Å²) < 4.78 is 14.6. The van der Waals surface area contributed by atoms with Gasteiger partial charge >= 0.3 is 5.97 Å². The highest BCUT2D eigenvalue weighted by Crippen LogP contribution is 2.29. The van der Waals surface area contributed by atoms with Gasteiger partial charge < -0.3 is 10.4 Å². The molecule has 0 saturated heterocycles. The predicted molar refractivity (Wildman–Crippen MR) is 89.2 cm³/mol. The molecule has 25 heavy (non-hydrogen) atoms. The average Bonchev–Trinajstić information content (AvgIpc) is 2.98. The third-order valence-corrected chi connectivity index (χ3v) is 4.79. The minimum absolute atomic E-state index is 0.315. The minimum Gasteiger partial charge on any atom is -0.480 e. The lowest BCUT2D eigenvalue weighted by molar-refractivity contribution is -0.145. The van der Waals surface area contributed by atoms with Crippen molar-refractivity contribution in [2.45, 2.75) is 44.6 Å². The van der Waals surface area contributed by atoms with E-state index in [1.807, 2.05) is 0 Å². The first kappa shape index (κ1) is 17.1. The van der Waals surface area contributed by atoms with Crippen molar-refractivity contribution in [2.75, 3.05) is 0 Å². The quantitative estimate of drug-likeness (QED) is 0.892. The topological polar surface area (TPSA) is 84.2 Å². The number of rotatable bonds is 4. The standard InChI is InChI=1S/C18H20FN3O3/c1-12-15(11-20-22(12)14-7-5-13(19)6-8-14)16(23)21-18(17(24)25)9-3-2-4-10-18/h5-8,11H,2-4,9-10H2,1H3,(H,21,23)(H,24,25). The fraction of sp³-hybridized carbons (Fsp3) is 0.389. The summed E-state index contributed by atoms with van der Waals surface area (Å²) in [6.45, 7) is 1.72. The van der Waals surface area contributed by atoms with Gasteiger partial charge in [0.15, 0.2) is 0 Å². The molecule has 1 aromatic carbocycles. The average molecular weight is 345 g/mol. The van der Waals surface area contributed by atoms with Crippen LogP contribution >= 0.6 is 0 Å². The lowest BCUT2D eigenvalue weighted by Crippen LogP contribution is -2.55. The van der Waals surface area contributed by atoms with Gasteiger partial charge in [-0.2, -0.15) is 5.10 Å². The highest BCUT2D eigenvalue weighted by Gasteiger charge is 2.41. The van der Waals surface area contributed by atoms with Crippen molar-refractivity contribution in [3.8, 4) is 5.69 Å². The van der Waals surface area contributed by atoms with Crippen molar-refractivity contribution in [3.63, 3.8) is 0 Å². The first-order valence-electron chi connectivity index (χ1n) is 8.29. The Kier molecular flexibility index (Phi) is 4.57. The van der Waals surface area contributed by atoms with Crippen molar-refractivity contribution in [1.82, 2.24) is 15.1 Å². The summed E-state index contributed by atoms with van der Waals surface area (Å²) in [5, 5.41) is 16.5. The normalized spacial score (nSPS) is 16.4. The molecule has 0 atom stereocenters. The van der Waals surface area contributed by atoms with Crippen LogP contribution < -0.4 is 5.32 Å². The number of halogens is 1. The molecule has 132 valence electrons. The second-order valence-corrected chi connectivity index (χ2v) is 6.43. The van der Waals surface area contributed by atoms with Crippen LogP contribution in [0.1, 0.15) is 48.2 Å². The number of nitrogens with zero attached hydrogens (tertiary/aromatic N) is 2. The molecule has 6 nitrogen and oxygen atoms in total. The van der Waals surface area contributed by atoms with Crippen LogP contribution in [0, 0.1) is 12.7 Å². The lowest BCUT2D eigenvalue weighted by Gasteiger charge is -2.33. The number of hydrogen-bond acceptors (Lipinski definition) is 3. The molecular weight excluding hydrogens is 325 g/mol. The fourth-order valence-corrected chi connectivity index (χ4v) is 3.31. The van der Waals surface area contributed by atoms with E-state index in [0.717, 1.165) is 19.3 Å². The summed E-state index contributed by atoms with van der Waals surface area (Å²) in [6.07, 6.45) is 4.80. The molecule has 1 aromatic heterocycles. The largest absolute Gasteiger partial charge is 0.480 e. The summed E-state index contributed by atoms with van der Waals surface area (Å²) in [5.74, 6) is -1.80. The third-order valence-electron chi connectivity index (χ3n) is 4.79. The molecule has 0 radical (unpaired) electrons. The van der Waals surface area contributed by atoms with Crippen LogP contribution in [0.4, 0.5) is 4.39 Å². The highest BCUT2D eigenvalue weighted by atomic mass is 19.1. The van der Waals surface area contributed by atoms with Gasteiger partial charge in [0.1, 0.15) is 11.4 Å². The maximum Gasteiger partial charge on any atom is 0.329 e. The van der Waals surface area contributed by atoms with Gasteiger partial charge in [-0.1, -0.05) is 19.3 Å². The van der Waals surface area contributed by atoms with Crippen molar-refractivity contribution >= 4 is 11.9 Å². The summed E-state index contributed by atoms with van der Waals surface area (Å²) in [5.41, 5.74) is 0.305. The van der Waals surface area contributed by atoms with Crippen LogP contribution in [0.15, 0.2) is 30.5 Å². The number of benzene rings is 1. The number of hydrogen-bond donors (Lipinski definition) is 2. The van der Waals surface area contributed by atoms with Gasteiger partial charge in [-0.05, 0) is 44.0 Å². The maximum absolute atomic E-state index is 13.1. The second kappa shape index (κ2) is 6.66. The summed E-state index contributed by atoms with van der Waals surface area (Å²) >= 11 is 0. The summed E-state index contributed by atoms with van der Waals surface area (Å²) in [4.78, 5) is 24.4. The Hall–Kier alpha value is -2.70. The van der Waals surface area contributed by atoms with Gasteiger partial charge in [-0.25, -0.2) is 13.9 Å². The Morgan fingerprint density at radius 2 is 1.84 bits per heavy atom. The van der Waals surface area contributed by atoms with E-state index in [0.29, 0.717) is 29.8 Å². The number of amides is 1. The fourth-order valence-electron chi connectivity index (χ4n) is 3.31. The van der Waals surface area contributed by atoms with E-state index < -0.39 is 17.4 Å². The molecule has 1 fully saturated rings. The molecule has 1 aliphatic carbocycles. The van der Waals surface area contributed by atoms with Crippen molar-refractivity contribution in [3.05, 3.63) is 47.5 Å². The molecule has 0 bridgehead atoms. The second-order valence-electron chi connectivity index (χ2n) is 6.43. The van der Waals surface area contributed by atoms with Gasteiger partial charge in [0.25, 0.3) is 5.91 Å². The van der Waals surface area contributed by atoms with Gasteiger partial charge in [-0.3, -0.25) is 4.79 Å². The highest BCUT2D eigenvalue weighted by molar-refractivity contribution is 5.98. The van der Waals surface area contributed by atoms with E-state index in [1.54, 1.807) is 19.1 Å². The molecule has 0 unspecified atom stereocenters. The maximum atomic E-state index is 13.1. The Labute approximate surface area is 144 Å². The van der Waals surface area contributed by atoms with Crippen molar-refractivity contribution < 1.29 is 19.1 Å². The molecule has 1 heterocycles. The molecule has 7 heteroatoms. The first-order chi connectivity index (χ1) is 11.9. The van der Waals surface area contributed by atoms with Gasteiger partial charge in [0.2, 0.25) is 0 Å². The number of carbonyl (C=O) groups is 2. The number of carboxylic acid groups (broad SMARTS) is 1. The number of aromatic nitrogens is 2. The smallest absolute Gasteiger partial charge is 0.329 e. The number of nitrogens with one attached hydrogen (secondary N) is 1. The third kappa shape index (κ3) is 3.26. The van der Waals surface area contributed by atoms with E-state index in [2.05, 4.69) is 10.4 Å². The van der Waals surface area contributed by atoms with Gasteiger partial charge in [0, 0.05) is 0 Å². The zero-order valence-electron chi connectivity index (χ0n) is 14.0. The summed E-state index contributed by atoms with van der Waals surface area (Å²) in [6, 6.07) is 5.77. The molecule has 1 amide bonds. The number of aliphatic carboxylic acids is 1. The van der Waals surface area contributed by atoms with Crippen LogP contribution in [-0.4, -0.2) is 32.3 Å². The molecular formula is C18H20FN3O3. The van der Waals surface area contributed by atoms with E-state index in [4.69, 9.17) is 0 Å². The van der Waals surface area contributed by atoms with E-state index in [-0.39, 0.29) is 5.82 Å². The van der Waals surface area contributed by atoms with Crippen LogP contribution in [0.25, 0.3) is 5.69 Å².